The fourth-order valence-corrected chi connectivity index (χ4v) is 1.95. The molecule has 2 aliphatic heterocycles. The topological polar surface area (TPSA) is 98.4 Å². The van der Waals surface area contributed by atoms with Crippen molar-refractivity contribution < 1.29 is 9.47 Å². The molecular formula is C10H16N6O2. The summed E-state index contributed by atoms with van der Waals surface area (Å²) in [6, 6.07) is 0.299. The van der Waals surface area contributed by atoms with Gasteiger partial charge in [0.25, 0.3) is 0 Å². The van der Waals surface area contributed by atoms with Gasteiger partial charge in [-0.05, 0) is 12.8 Å². The number of hydrazine groups is 1. The predicted molar refractivity (Wildman–Crippen MR) is 64.3 cm³/mol. The molecule has 3 rings (SSSR count). The number of rotatable bonds is 4. The maximum absolute atomic E-state index is 5.58. The van der Waals surface area contributed by atoms with E-state index >= 15 is 0 Å². The lowest BCUT2D eigenvalue weighted by Gasteiger charge is -2.26. The third kappa shape index (κ3) is 2.29. The van der Waals surface area contributed by atoms with Crippen LogP contribution >= 0.6 is 0 Å². The lowest BCUT2D eigenvalue weighted by molar-refractivity contribution is -0.0831. The van der Waals surface area contributed by atoms with Crippen molar-refractivity contribution in [2.75, 3.05) is 36.6 Å². The van der Waals surface area contributed by atoms with Crippen molar-refractivity contribution >= 4 is 11.9 Å². The number of hydrogen-bond acceptors (Lipinski definition) is 8. The lowest BCUT2D eigenvalue weighted by atomic mass is 10.3. The average Bonchev–Trinajstić information content (AvgIpc) is 2.87. The minimum atomic E-state index is 0.0319. The molecule has 2 aliphatic rings. The van der Waals surface area contributed by atoms with Gasteiger partial charge in [0.05, 0.1) is 13.2 Å². The molecule has 2 saturated heterocycles. The summed E-state index contributed by atoms with van der Waals surface area (Å²) in [5, 5.41) is 0. The Morgan fingerprint density at radius 3 is 2.61 bits per heavy atom. The first kappa shape index (κ1) is 11.4. The van der Waals surface area contributed by atoms with E-state index < -0.39 is 0 Å². The number of nitrogen functional groups attached to an aromatic ring is 1. The zero-order chi connectivity index (χ0) is 12.4. The van der Waals surface area contributed by atoms with Gasteiger partial charge in [0.1, 0.15) is 6.10 Å². The Morgan fingerprint density at radius 1 is 1.22 bits per heavy atom. The van der Waals surface area contributed by atoms with Crippen LogP contribution in [0.2, 0.25) is 0 Å². The van der Waals surface area contributed by atoms with E-state index in [4.69, 9.17) is 15.3 Å². The maximum Gasteiger partial charge on any atom is 0.323 e. The normalized spacial score (nSPS) is 19.7. The lowest BCUT2D eigenvalue weighted by Crippen LogP contribution is -2.39. The van der Waals surface area contributed by atoms with E-state index in [0.29, 0.717) is 31.1 Å². The monoisotopic (exact) mass is 252 g/mol. The highest BCUT2D eigenvalue weighted by Crippen LogP contribution is 2.20. The Bertz CT molecular complexity index is 419. The molecule has 0 saturated carbocycles. The minimum Gasteiger partial charge on any atom is -0.455 e. The number of nitrogens with zero attached hydrogens (tertiary/aromatic N) is 4. The standard InChI is InChI=1S/C10H16N6O2/c11-15-8-12-9(16-3-1-2-4-16)14-10(13-8)18-7-5-17-6-7/h7H,1-6,11H2,(H,12,13,14,15). The zero-order valence-electron chi connectivity index (χ0n) is 10.0. The van der Waals surface area contributed by atoms with Crippen molar-refractivity contribution in [3.05, 3.63) is 0 Å². The van der Waals surface area contributed by atoms with Gasteiger partial charge in [-0.1, -0.05) is 0 Å². The Balaban J connectivity index is 1.80. The van der Waals surface area contributed by atoms with E-state index in [9.17, 15) is 0 Å². The molecule has 3 N–H and O–H groups in total. The van der Waals surface area contributed by atoms with Gasteiger partial charge in [0.15, 0.2) is 0 Å². The first-order chi connectivity index (χ1) is 8.85. The van der Waals surface area contributed by atoms with Crippen LogP contribution in [0.25, 0.3) is 0 Å². The SMILES string of the molecule is NNc1nc(OC2COC2)nc(N2CCCC2)n1. The smallest absolute Gasteiger partial charge is 0.323 e. The summed E-state index contributed by atoms with van der Waals surface area (Å²) in [5.41, 5.74) is 2.44. The summed E-state index contributed by atoms with van der Waals surface area (Å²) in [6.07, 6.45) is 2.34. The Labute approximate surface area is 104 Å². The van der Waals surface area contributed by atoms with Crippen LogP contribution in [-0.2, 0) is 4.74 Å². The van der Waals surface area contributed by atoms with Crippen LogP contribution in [0.3, 0.4) is 0 Å². The number of anilines is 2. The molecule has 2 fully saturated rings. The van der Waals surface area contributed by atoms with E-state index in [-0.39, 0.29) is 6.10 Å². The second-order valence-electron chi connectivity index (χ2n) is 4.36. The fourth-order valence-electron chi connectivity index (χ4n) is 1.95. The molecule has 0 aromatic carbocycles. The largest absolute Gasteiger partial charge is 0.455 e. The summed E-state index contributed by atoms with van der Waals surface area (Å²) in [6.45, 7) is 3.08. The van der Waals surface area contributed by atoms with Crippen molar-refractivity contribution in [3.63, 3.8) is 0 Å². The maximum atomic E-state index is 5.58. The van der Waals surface area contributed by atoms with Crippen LogP contribution in [0.15, 0.2) is 0 Å². The molecule has 18 heavy (non-hydrogen) atoms. The molecular weight excluding hydrogens is 236 g/mol. The third-order valence-electron chi connectivity index (χ3n) is 3.00. The number of nitrogens with two attached hydrogens (primary N) is 1. The van der Waals surface area contributed by atoms with Gasteiger partial charge in [-0.25, -0.2) is 5.84 Å². The highest BCUT2D eigenvalue weighted by molar-refractivity contribution is 5.38. The van der Waals surface area contributed by atoms with Gasteiger partial charge in [-0.3, -0.25) is 5.43 Å². The highest BCUT2D eigenvalue weighted by atomic mass is 16.6. The first-order valence-electron chi connectivity index (χ1n) is 6.07. The molecule has 0 radical (unpaired) electrons. The van der Waals surface area contributed by atoms with Gasteiger partial charge < -0.3 is 14.4 Å². The molecule has 0 spiro atoms. The van der Waals surface area contributed by atoms with Crippen molar-refractivity contribution in [3.8, 4) is 6.01 Å². The quantitative estimate of drug-likeness (QED) is 0.548. The molecule has 8 nitrogen and oxygen atoms in total. The summed E-state index contributed by atoms with van der Waals surface area (Å²) in [4.78, 5) is 14.7. The van der Waals surface area contributed by atoms with Gasteiger partial charge >= 0.3 is 6.01 Å². The second kappa shape index (κ2) is 4.91. The van der Waals surface area contributed by atoms with Crippen molar-refractivity contribution in [1.29, 1.82) is 0 Å². The van der Waals surface area contributed by atoms with Crippen LogP contribution < -0.4 is 20.9 Å². The van der Waals surface area contributed by atoms with E-state index in [1.54, 1.807) is 0 Å². The van der Waals surface area contributed by atoms with Crippen LogP contribution in [-0.4, -0.2) is 47.4 Å². The number of hydrogen-bond donors (Lipinski definition) is 2. The Morgan fingerprint density at radius 2 is 2.00 bits per heavy atom. The molecule has 0 amide bonds. The third-order valence-corrected chi connectivity index (χ3v) is 3.00. The Hall–Kier alpha value is -1.67. The fraction of sp³-hybridized carbons (Fsp3) is 0.700. The average molecular weight is 252 g/mol. The van der Waals surface area contributed by atoms with Crippen molar-refractivity contribution in [1.82, 2.24) is 15.0 Å². The molecule has 1 aromatic rings. The van der Waals surface area contributed by atoms with Crippen LogP contribution in [0.4, 0.5) is 11.9 Å². The van der Waals surface area contributed by atoms with E-state index in [1.165, 1.54) is 0 Å². The molecule has 98 valence electrons. The first-order valence-corrected chi connectivity index (χ1v) is 6.07. The zero-order valence-corrected chi connectivity index (χ0v) is 10.0. The van der Waals surface area contributed by atoms with Crippen LogP contribution in [0.1, 0.15) is 12.8 Å². The Kier molecular flexibility index (Phi) is 3.11. The van der Waals surface area contributed by atoms with Crippen molar-refractivity contribution in [2.45, 2.75) is 18.9 Å². The molecule has 1 aromatic heterocycles. The number of nitrogens with one attached hydrogen (secondary N) is 1. The second-order valence-corrected chi connectivity index (χ2v) is 4.36. The molecule has 0 atom stereocenters. The van der Waals surface area contributed by atoms with Gasteiger partial charge in [0.2, 0.25) is 11.9 Å². The summed E-state index contributed by atoms with van der Waals surface area (Å²) < 4.78 is 10.6. The highest BCUT2D eigenvalue weighted by Gasteiger charge is 2.23. The number of ether oxygens (including phenoxy) is 2. The van der Waals surface area contributed by atoms with E-state index in [2.05, 4.69) is 25.3 Å². The molecule has 0 unspecified atom stereocenters. The minimum absolute atomic E-state index is 0.0319. The van der Waals surface area contributed by atoms with Crippen LogP contribution in [0.5, 0.6) is 6.01 Å². The summed E-state index contributed by atoms with van der Waals surface area (Å²) in [5.74, 6) is 6.30. The molecule has 3 heterocycles. The van der Waals surface area contributed by atoms with Crippen LogP contribution in [0, 0.1) is 0 Å². The predicted octanol–water partition coefficient (Wildman–Crippen LogP) is -0.465. The van der Waals surface area contributed by atoms with Gasteiger partial charge in [-0.2, -0.15) is 15.0 Å². The van der Waals surface area contributed by atoms with E-state index in [0.717, 1.165) is 25.9 Å². The van der Waals surface area contributed by atoms with Gasteiger partial charge in [-0.15, -0.1) is 0 Å². The summed E-state index contributed by atoms with van der Waals surface area (Å²) >= 11 is 0. The molecule has 8 heteroatoms. The van der Waals surface area contributed by atoms with Gasteiger partial charge in [0, 0.05) is 13.1 Å². The molecule has 0 aliphatic carbocycles. The summed E-state index contributed by atoms with van der Waals surface area (Å²) in [7, 11) is 0. The number of aromatic nitrogens is 3. The van der Waals surface area contributed by atoms with Crippen molar-refractivity contribution in [2.24, 2.45) is 5.84 Å². The molecule has 0 bridgehead atoms. The van der Waals surface area contributed by atoms with E-state index in [1.807, 2.05) is 0 Å².